The number of H-pyrrole nitrogens is 1. The van der Waals surface area contributed by atoms with E-state index in [4.69, 9.17) is 4.74 Å². The molecule has 0 unspecified atom stereocenters. The maximum absolute atomic E-state index is 12.6. The normalized spacial score (nSPS) is 11.0. The van der Waals surface area contributed by atoms with Gasteiger partial charge >= 0.3 is 5.97 Å². The first kappa shape index (κ1) is 16.3. The summed E-state index contributed by atoms with van der Waals surface area (Å²) >= 11 is 1.32. The lowest BCUT2D eigenvalue weighted by Crippen LogP contribution is -2.10. The van der Waals surface area contributed by atoms with Crippen LogP contribution >= 0.6 is 11.3 Å². The highest BCUT2D eigenvalue weighted by Gasteiger charge is 2.15. The Kier molecular flexibility index (Phi) is 4.14. The molecule has 130 valence electrons. The standard InChI is InChI=1S/C19H15N3O3S/c1-2-25-18(24)11-7-8-15-16(9-11)26-19(21-15)22-17(23)13-10-20-14-6-4-3-5-12(13)14/h3-10,20H,2H2,1H3,(H,21,22,23). The third kappa shape index (κ3) is 2.93. The average Bonchev–Trinajstić information content (AvgIpc) is 3.24. The second-order valence-corrected chi connectivity index (χ2v) is 6.65. The summed E-state index contributed by atoms with van der Waals surface area (Å²) in [7, 11) is 0. The van der Waals surface area contributed by atoms with Gasteiger partial charge in [0.25, 0.3) is 5.91 Å². The molecule has 0 fully saturated rings. The first-order valence-corrected chi connectivity index (χ1v) is 8.92. The second kappa shape index (κ2) is 6.61. The monoisotopic (exact) mass is 365 g/mol. The molecule has 4 rings (SSSR count). The molecule has 26 heavy (non-hydrogen) atoms. The van der Waals surface area contributed by atoms with Crippen LogP contribution in [0.5, 0.6) is 0 Å². The fourth-order valence-electron chi connectivity index (χ4n) is 2.74. The number of thiazole rings is 1. The van der Waals surface area contributed by atoms with E-state index in [1.165, 1.54) is 11.3 Å². The van der Waals surface area contributed by atoms with Crippen LogP contribution in [0, 0.1) is 0 Å². The van der Waals surface area contributed by atoms with Crippen LogP contribution in [0.4, 0.5) is 5.13 Å². The molecule has 0 bridgehead atoms. The largest absolute Gasteiger partial charge is 0.462 e. The van der Waals surface area contributed by atoms with E-state index in [1.807, 2.05) is 24.3 Å². The Morgan fingerprint density at radius 1 is 1.23 bits per heavy atom. The number of rotatable bonds is 4. The van der Waals surface area contributed by atoms with E-state index in [0.29, 0.717) is 22.9 Å². The Labute approximate surface area is 152 Å². The molecule has 0 spiro atoms. The smallest absolute Gasteiger partial charge is 0.338 e. The number of nitrogens with one attached hydrogen (secondary N) is 2. The van der Waals surface area contributed by atoms with Crippen molar-refractivity contribution < 1.29 is 14.3 Å². The third-order valence-corrected chi connectivity index (χ3v) is 4.89. The first-order valence-electron chi connectivity index (χ1n) is 8.11. The number of esters is 1. The van der Waals surface area contributed by atoms with Crippen LogP contribution in [0.1, 0.15) is 27.6 Å². The summed E-state index contributed by atoms with van der Waals surface area (Å²) in [5.41, 5.74) is 2.66. The molecule has 7 heteroatoms. The Morgan fingerprint density at radius 3 is 2.92 bits per heavy atom. The van der Waals surface area contributed by atoms with Gasteiger partial charge in [-0.3, -0.25) is 10.1 Å². The quantitative estimate of drug-likeness (QED) is 0.531. The van der Waals surface area contributed by atoms with Gasteiger partial charge in [-0.25, -0.2) is 9.78 Å². The van der Waals surface area contributed by atoms with Gasteiger partial charge in [-0.2, -0.15) is 0 Å². The molecule has 1 amide bonds. The van der Waals surface area contributed by atoms with Gasteiger partial charge in [0.1, 0.15) is 0 Å². The number of fused-ring (bicyclic) bond motifs is 2. The molecule has 0 aliphatic heterocycles. The van der Waals surface area contributed by atoms with Crippen LogP contribution in [-0.4, -0.2) is 28.5 Å². The van der Waals surface area contributed by atoms with E-state index >= 15 is 0 Å². The summed E-state index contributed by atoms with van der Waals surface area (Å²) < 4.78 is 5.82. The number of para-hydroxylation sites is 1. The highest BCUT2D eigenvalue weighted by molar-refractivity contribution is 7.22. The van der Waals surface area contributed by atoms with Crippen molar-refractivity contribution in [2.45, 2.75) is 6.92 Å². The number of ether oxygens (including phenoxy) is 1. The van der Waals surface area contributed by atoms with Crippen LogP contribution in [0.25, 0.3) is 21.1 Å². The molecule has 0 saturated carbocycles. The minimum absolute atomic E-state index is 0.230. The number of hydrogen-bond acceptors (Lipinski definition) is 5. The first-order chi connectivity index (χ1) is 12.7. The molecule has 0 atom stereocenters. The van der Waals surface area contributed by atoms with Gasteiger partial charge in [0.05, 0.1) is 28.0 Å². The van der Waals surface area contributed by atoms with Gasteiger partial charge in [-0.1, -0.05) is 29.5 Å². The van der Waals surface area contributed by atoms with Crippen LogP contribution in [-0.2, 0) is 4.74 Å². The van der Waals surface area contributed by atoms with E-state index in [-0.39, 0.29) is 11.9 Å². The molecular weight excluding hydrogens is 350 g/mol. The zero-order valence-corrected chi connectivity index (χ0v) is 14.7. The Morgan fingerprint density at radius 2 is 2.08 bits per heavy atom. The number of hydrogen-bond donors (Lipinski definition) is 2. The van der Waals surface area contributed by atoms with E-state index in [0.717, 1.165) is 21.1 Å². The van der Waals surface area contributed by atoms with Crippen molar-refractivity contribution in [1.82, 2.24) is 9.97 Å². The fraction of sp³-hybridized carbons (Fsp3) is 0.105. The predicted molar refractivity (Wildman–Crippen MR) is 102 cm³/mol. The number of aromatic nitrogens is 2. The van der Waals surface area contributed by atoms with Crippen molar-refractivity contribution in [3.8, 4) is 0 Å². The van der Waals surface area contributed by atoms with Crippen molar-refractivity contribution in [3.05, 3.63) is 59.8 Å². The molecule has 2 heterocycles. The van der Waals surface area contributed by atoms with Crippen LogP contribution in [0.2, 0.25) is 0 Å². The topological polar surface area (TPSA) is 84.1 Å². The van der Waals surface area contributed by atoms with Crippen molar-refractivity contribution in [1.29, 1.82) is 0 Å². The lowest BCUT2D eigenvalue weighted by molar-refractivity contribution is 0.0526. The fourth-order valence-corrected chi connectivity index (χ4v) is 3.64. The maximum Gasteiger partial charge on any atom is 0.338 e. The molecular formula is C19H15N3O3S. The van der Waals surface area contributed by atoms with Crippen molar-refractivity contribution in [2.75, 3.05) is 11.9 Å². The van der Waals surface area contributed by atoms with Gasteiger partial charge in [0.2, 0.25) is 0 Å². The van der Waals surface area contributed by atoms with Gasteiger partial charge in [-0.15, -0.1) is 0 Å². The lowest BCUT2D eigenvalue weighted by atomic mass is 10.2. The average molecular weight is 365 g/mol. The number of amides is 1. The van der Waals surface area contributed by atoms with Gasteiger partial charge in [0, 0.05) is 17.1 Å². The Balaban J connectivity index is 1.61. The van der Waals surface area contributed by atoms with Crippen LogP contribution < -0.4 is 5.32 Å². The zero-order valence-electron chi connectivity index (χ0n) is 13.9. The molecule has 0 aliphatic rings. The number of benzene rings is 2. The summed E-state index contributed by atoms with van der Waals surface area (Å²) in [4.78, 5) is 31.9. The zero-order chi connectivity index (χ0) is 18.1. The molecule has 2 aromatic heterocycles. The number of aromatic amines is 1. The molecule has 0 saturated heterocycles. The highest BCUT2D eigenvalue weighted by atomic mass is 32.1. The maximum atomic E-state index is 12.6. The molecule has 0 radical (unpaired) electrons. The van der Waals surface area contributed by atoms with Crippen molar-refractivity contribution >= 4 is 49.5 Å². The summed E-state index contributed by atoms with van der Waals surface area (Å²) in [6.07, 6.45) is 1.69. The summed E-state index contributed by atoms with van der Waals surface area (Å²) in [6.45, 7) is 2.09. The molecule has 2 N–H and O–H groups in total. The second-order valence-electron chi connectivity index (χ2n) is 5.62. The van der Waals surface area contributed by atoms with Crippen molar-refractivity contribution in [3.63, 3.8) is 0 Å². The van der Waals surface area contributed by atoms with E-state index in [9.17, 15) is 9.59 Å². The minimum atomic E-state index is -0.368. The Hall–Kier alpha value is -3.19. The Bertz CT molecular complexity index is 1130. The highest BCUT2D eigenvalue weighted by Crippen LogP contribution is 2.28. The molecule has 4 aromatic rings. The summed E-state index contributed by atoms with van der Waals surface area (Å²) in [5.74, 6) is -0.598. The van der Waals surface area contributed by atoms with E-state index in [2.05, 4.69) is 15.3 Å². The van der Waals surface area contributed by atoms with Gasteiger partial charge < -0.3 is 9.72 Å². The van der Waals surface area contributed by atoms with E-state index < -0.39 is 0 Å². The number of nitrogens with zero attached hydrogens (tertiary/aromatic N) is 1. The molecule has 2 aromatic carbocycles. The third-order valence-electron chi connectivity index (χ3n) is 3.95. The lowest BCUT2D eigenvalue weighted by Gasteiger charge is -2.00. The van der Waals surface area contributed by atoms with E-state index in [1.54, 1.807) is 31.3 Å². The number of carbonyl (C=O) groups is 2. The summed E-state index contributed by atoms with van der Waals surface area (Å²) in [6, 6.07) is 12.8. The number of anilines is 1. The van der Waals surface area contributed by atoms with Gasteiger partial charge in [-0.05, 0) is 31.2 Å². The minimum Gasteiger partial charge on any atom is -0.462 e. The van der Waals surface area contributed by atoms with Crippen molar-refractivity contribution in [2.24, 2.45) is 0 Å². The molecule has 6 nitrogen and oxygen atoms in total. The number of carbonyl (C=O) groups excluding carboxylic acids is 2. The van der Waals surface area contributed by atoms with Crippen LogP contribution in [0.15, 0.2) is 48.7 Å². The SMILES string of the molecule is CCOC(=O)c1ccc2nc(NC(=O)c3c[nH]c4ccccc34)sc2c1. The predicted octanol–water partition coefficient (Wildman–Crippen LogP) is 4.21. The molecule has 0 aliphatic carbocycles. The summed E-state index contributed by atoms with van der Waals surface area (Å²) in [5, 5.41) is 4.17. The van der Waals surface area contributed by atoms with Gasteiger partial charge in [0.15, 0.2) is 5.13 Å². The van der Waals surface area contributed by atoms with Crippen LogP contribution in [0.3, 0.4) is 0 Å².